The summed E-state index contributed by atoms with van der Waals surface area (Å²) in [7, 11) is 0. The zero-order chi connectivity index (χ0) is 15.3. The van der Waals surface area contributed by atoms with Gasteiger partial charge in [0.1, 0.15) is 0 Å². The molecule has 5 heteroatoms. The van der Waals surface area contributed by atoms with Gasteiger partial charge in [-0.3, -0.25) is 9.59 Å². The molecule has 1 aromatic carbocycles. The lowest BCUT2D eigenvalue weighted by Gasteiger charge is -2.27. The van der Waals surface area contributed by atoms with Crippen LogP contribution in [0.15, 0.2) is 24.3 Å². The molecule has 0 aromatic heterocycles. The van der Waals surface area contributed by atoms with Crippen LogP contribution in [0.4, 0.5) is 5.69 Å². The molecule has 1 heterocycles. The second-order valence-corrected chi connectivity index (χ2v) is 5.66. The molecule has 0 spiro atoms. The van der Waals surface area contributed by atoms with Gasteiger partial charge in [-0.1, -0.05) is 25.5 Å². The molecule has 2 rings (SSSR count). The van der Waals surface area contributed by atoms with Gasteiger partial charge in [-0.05, 0) is 43.5 Å². The first-order valence-electron chi connectivity index (χ1n) is 7.49. The molecule has 2 amide bonds. The van der Waals surface area contributed by atoms with Crippen LogP contribution < -0.4 is 16.4 Å². The predicted molar refractivity (Wildman–Crippen MR) is 82.8 cm³/mol. The summed E-state index contributed by atoms with van der Waals surface area (Å²) in [6.07, 6.45) is 3.95. The smallest absolute Gasteiger partial charge is 0.244 e. The van der Waals surface area contributed by atoms with Crippen LogP contribution in [0.1, 0.15) is 38.2 Å². The molecular formula is C16H23N3O2. The van der Waals surface area contributed by atoms with Gasteiger partial charge in [-0.15, -0.1) is 0 Å². The molecule has 0 aliphatic carbocycles. The van der Waals surface area contributed by atoms with Crippen LogP contribution in [0, 0.1) is 0 Å². The zero-order valence-corrected chi connectivity index (χ0v) is 12.4. The van der Waals surface area contributed by atoms with E-state index in [1.54, 1.807) is 0 Å². The molecule has 0 saturated carbocycles. The number of amides is 2. The molecule has 1 atom stereocenters. The van der Waals surface area contributed by atoms with Gasteiger partial charge in [-0.2, -0.15) is 0 Å². The summed E-state index contributed by atoms with van der Waals surface area (Å²) in [6.45, 7) is 2.98. The Bertz CT molecular complexity index is 505. The van der Waals surface area contributed by atoms with Crippen LogP contribution in [0.2, 0.25) is 0 Å². The minimum atomic E-state index is -0.430. The van der Waals surface area contributed by atoms with E-state index in [0.717, 1.165) is 43.5 Å². The summed E-state index contributed by atoms with van der Waals surface area (Å²) >= 11 is 0. The summed E-state index contributed by atoms with van der Waals surface area (Å²) in [5.41, 5.74) is 6.33. The van der Waals surface area contributed by atoms with E-state index in [0.29, 0.717) is 0 Å². The number of primary amides is 1. The highest BCUT2D eigenvalue weighted by Gasteiger charge is 2.39. The Kier molecular flexibility index (Phi) is 4.96. The predicted octanol–water partition coefficient (Wildman–Crippen LogP) is 1.58. The number of rotatable bonds is 6. The SMILES string of the molecule is CCCC1(C(=O)Nc2ccc(CC(N)=O)cc2)CCCN1. The third-order valence-corrected chi connectivity index (χ3v) is 3.95. The lowest BCUT2D eigenvalue weighted by Crippen LogP contribution is -2.50. The maximum atomic E-state index is 12.5. The molecule has 1 aliphatic heterocycles. The Morgan fingerprint density at radius 3 is 2.57 bits per heavy atom. The van der Waals surface area contributed by atoms with Gasteiger partial charge in [0, 0.05) is 5.69 Å². The van der Waals surface area contributed by atoms with Gasteiger partial charge < -0.3 is 16.4 Å². The average Bonchev–Trinajstić information content (AvgIpc) is 2.91. The first-order valence-corrected chi connectivity index (χ1v) is 7.49. The molecule has 1 fully saturated rings. The summed E-state index contributed by atoms with van der Waals surface area (Å²) in [5.74, 6) is -0.326. The lowest BCUT2D eigenvalue weighted by molar-refractivity contribution is -0.122. The van der Waals surface area contributed by atoms with Crippen LogP contribution in [-0.2, 0) is 16.0 Å². The van der Waals surface area contributed by atoms with Gasteiger partial charge in [0.05, 0.1) is 12.0 Å². The van der Waals surface area contributed by atoms with Crippen molar-refractivity contribution >= 4 is 17.5 Å². The number of carbonyl (C=O) groups excluding carboxylic acids is 2. The van der Waals surface area contributed by atoms with Crippen molar-refractivity contribution in [3.8, 4) is 0 Å². The largest absolute Gasteiger partial charge is 0.369 e. The second kappa shape index (κ2) is 6.72. The number of anilines is 1. The molecule has 1 aromatic rings. The molecule has 1 unspecified atom stereocenters. The molecule has 1 saturated heterocycles. The normalized spacial score (nSPS) is 21.2. The summed E-state index contributed by atoms with van der Waals surface area (Å²) < 4.78 is 0. The first kappa shape index (κ1) is 15.5. The molecule has 4 N–H and O–H groups in total. The monoisotopic (exact) mass is 289 g/mol. The minimum absolute atomic E-state index is 0.0319. The fraction of sp³-hybridized carbons (Fsp3) is 0.500. The quantitative estimate of drug-likeness (QED) is 0.743. The Hall–Kier alpha value is -1.88. The highest BCUT2D eigenvalue weighted by atomic mass is 16.2. The fourth-order valence-corrected chi connectivity index (χ4v) is 2.91. The lowest BCUT2D eigenvalue weighted by atomic mass is 9.90. The van der Waals surface area contributed by atoms with Crippen molar-refractivity contribution in [2.75, 3.05) is 11.9 Å². The second-order valence-electron chi connectivity index (χ2n) is 5.66. The van der Waals surface area contributed by atoms with Crippen molar-refractivity contribution in [3.05, 3.63) is 29.8 Å². The van der Waals surface area contributed by atoms with Crippen molar-refractivity contribution in [1.82, 2.24) is 5.32 Å². The molecule has 0 radical (unpaired) electrons. The molecular weight excluding hydrogens is 266 g/mol. The third kappa shape index (κ3) is 3.82. The van der Waals surface area contributed by atoms with E-state index < -0.39 is 5.54 Å². The van der Waals surface area contributed by atoms with Crippen molar-refractivity contribution in [1.29, 1.82) is 0 Å². The van der Waals surface area contributed by atoms with E-state index in [1.165, 1.54) is 0 Å². The number of nitrogens with two attached hydrogens (primary N) is 1. The standard InChI is InChI=1S/C16H23N3O2/c1-2-8-16(9-3-10-18-16)15(21)19-13-6-4-12(5-7-13)11-14(17)20/h4-7,18H,2-3,8-11H2,1H3,(H2,17,20)(H,19,21). The minimum Gasteiger partial charge on any atom is -0.369 e. The average molecular weight is 289 g/mol. The van der Waals surface area contributed by atoms with Crippen molar-refractivity contribution in [2.45, 2.75) is 44.6 Å². The van der Waals surface area contributed by atoms with Crippen molar-refractivity contribution in [2.24, 2.45) is 5.73 Å². The Morgan fingerprint density at radius 2 is 2.05 bits per heavy atom. The number of carbonyl (C=O) groups is 2. The zero-order valence-electron chi connectivity index (χ0n) is 12.4. The fourth-order valence-electron chi connectivity index (χ4n) is 2.91. The van der Waals surface area contributed by atoms with E-state index >= 15 is 0 Å². The van der Waals surface area contributed by atoms with E-state index in [4.69, 9.17) is 5.73 Å². The number of benzene rings is 1. The van der Waals surface area contributed by atoms with Crippen molar-refractivity contribution in [3.63, 3.8) is 0 Å². The summed E-state index contributed by atoms with van der Waals surface area (Å²) in [4.78, 5) is 23.4. The van der Waals surface area contributed by atoms with Gasteiger partial charge >= 0.3 is 0 Å². The first-order chi connectivity index (χ1) is 10.1. The van der Waals surface area contributed by atoms with E-state index in [1.807, 2.05) is 24.3 Å². The highest BCUT2D eigenvalue weighted by molar-refractivity contribution is 5.98. The van der Waals surface area contributed by atoms with Crippen LogP contribution in [0.3, 0.4) is 0 Å². The Labute approximate surface area is 125 Å². The molecule has 0 bridgehead atoms. The van der Waals surface area contributed by atoms with Gasteiger partial charge in [0.2, 0.25) is 11.8 Å². The molecule has 5 nitrogen and oxygen atoms in total. The highest BCUT2D eigenvalue weighted by Crippen LogP contribution is 2.26. The number of hydrogen-bond acceptors (Lipinski definition) is 3. The van der Waals surface area contributed by atoms with Gasteiger partial charge in [0.25, 0.3) is 0 Å². The van der Waals surface area contributed by atoms with Gasteiger partial charge in [-0.25, -0.2) is 0 Å². The van der Waals surface area contributed by atoms with Crippen LogP contribution in [0.25, 0.3) is 0 Å². The van der Waals surface area contributed by atoms with E-state index in [9.17, 15) is 9.59 Å². The van der Waals surface area contributed by atoms with E-state index in [2.05, 4.69) is 17.6 Å². The number of hydrogen-bond donors (Lipinski definition) is 3. The topological polar surface area (TPSA) is 84.2 Å². The molecule has 114 valence electrons. The van der Waals surface area contributed by atoms with Crippen LogP contribution >= 0.6 is 0 Å². The maximum Gasteiger partial charge on any atom is 0.244 e. The maximum absolute atomic E-state index is 12.5. The van der Waals surface area contributed by atoms with Crippen LogP contribution in [0.5, 0.6) is 0 Å². The van der Waals surface area contributed by atoms with Crippen molar-refractivity contribution < 1.29 is 9.59 Å². The number of nitrogens with one attached hydrogen (secondary N) is 2. The van der Waals surface area contributed by atoms with E-state index in [-0.39, 0.29) is 18.2 Å². The molecule has 21 heavy (non-hydrogen) atoms. The summed E-state index contributed by atoms with van der Waals surface area (Å²) in [6, 6.07) is 7.25. The van der Waals surface area contributed by atoms with Crippen LogP contribution in [-0.4, -0.2) is 23.9 Å². The molecule has 1 aliphatic rings. The van der Waals surface area contributed by atoms with Gasteiger partial charge in [0.15, 0.2) is 0 Å². The Balaban J connectivity index is 2.03. The summed E-state index contributed by atoms with van der Waals surface area (Å²) in [5, 5.41) is 6.33. The third-order valence-electron chi connectivity index (χ3n) is 3.95. The Morgan fingerprint density at radius 1 is 1.33 bits per heavy atom.